The minimum atomic E-state index is -0.231. The fraction of sp³-hybridized carbons (Fsp3) is 0.133. The van der Waals surface area contributed by atoms with Crippen molar-refractivity contribution in [2.24, 2.45) is 0 Å². The number of aromatic nitrogens is 4. The Morgan fingerprint density at radius 3 is 2.41 bits per heavy atom. The van der Waals surface area contributed by atoms with Gasteiger partial charge in [0.15, 0.2) is 0 Å². The van der Waals surface area contributed by atoms with Gasteiger partial charge in [-0.1, -0.05) is 28.9 Å². The number of nitrogens with zero attached hydrogens (tertiary/aromatic N) is 3. The summed E-state index contributed by atoms with van der Waals surface area (Å²) in [7, 11) is 1.64. The molecule has 0 amide bonds. The summed E-state index contributed by atoms with van der Waals surface area (Å²) < 4.78 is 5.19. The molecule has 2 N–H and O–H groups in total. The van der Waals surface area contributed by atoms with Gasteiger partial charge in [0.1, 0.15) is 11.8 Å². The number of halogens is 1. The second-order valence-electron chi connectivity index (χ2n) is 4.63. The van der Waals surface area contributed by atoms with Gasteiger partial charge in [-0.05, 0) is 42.0 Å². The van der Waals surface area contributed by atoms with Crippen molar-refractivity contribution in [3.63, 3.8) is 0 Å². The quantitative estimate of drug-likeness (QED) is 0.756. The Morgan fingerprint density at radius 2 is 1.82 bits per heavy atom. The average Bonchev–Trinajstić information content (AvgIpc) is 3.09. The van der Waals surface area contributed by atoms with Crippen molar-refractivity contribution in [2.75, 3.05) is 12.4 Å². The lowest BCUT2D eigenvalue weighted by Gasteiger charge is -2.17. The van der Waals surface area contributed by atoms with Crippen LogP contribution in [0.2, 0.25) is 5.02 Å². The predicted octanol–water partition coefficient (Wildman–Crippen LogP) is 3.06. The molecule has 0 aliphatic rings. The van der Waals surface area contributed by atoms with Crippen molar-refractivity contribution in [1.29, 1.82) is 0 Å². The van der Waals surface area contributed by atoms with Gasteiger partial charge in [-0.25, -0.2) is 0 Å². The lowest BCUT2D eigenvalue weighted by Crippen LogP contribution is -2.14. The summed E-state index contributed by atoms with van der Waals surface area (Å²) >= 11 is 5.92. The third-order valence-corrected chi connectivity index (χ3v) is 3.48. The Labute approximate surface area is 132 Å². The van der Waals surface area contributed by atoms with Gasteiger partial charge in [0.05, 0.1) is 7.11 Å². The van der Waals surface area contributed by atoms with E-state index in [1.165, 1.54) is 0 Å². The van der Waals surface area contributed by atoms with E-state index >= 15 is 0 Å². The van der Waals surface area contributed by atoms with Crippen LogP contribution in [0.3, 0.4) is 0 Å². The molecule has 1 atom stereocenters. The van der Waals surface area contributed by atoms with Gasteiger partial charge in [-0.15, -0.1) is 10.2 Å². The number of H-pyrrole nitrogens is 1. The van der Waals surface area contributed by atoms with Crippen LogP contribution in [0.4, 0.5) is 5.69 Å². The zero-order valence-corrected chi connectivity index (χ0v) is 12.6. The van der Waals surface area contributed by atoms with Crippen molar-refractivity contribution >= 4 is 17.3 Å². The van der Waals surface area contributed by atoms with Crippen LogP contribution in [0.25, 0.3) is 0 Å². The molecule has 0 saturated carbocycles. The lowest BCUT2D eigenvalue weighted by molar-refractivity contribution is 0.414. The van der Waals surface area contributed by atoms with Gasteiger partial charge < -0.3 is 10.1 Å². The van der Waals surface area contributed by atoms with Crippen LogP contribution < -0.4 is 10.1 Å². The molecule has 1 heterocycles. The van der Waals surface area contributed by atoms with Crippen molar-refractivity contribution in [1.82, 2.24) is 20.6 Å². The summed E-state index contributed by atoms with van der Waals surface area (Å²) in [6.07, 6.45) is 0. The monoisotopic (exact) mass is 315 g/mol. The molecule has 0 aliphatic carbocycles. The Balaban J connectivity index is 1.91. The summed E-state index contributed by atoms with van der Waals surface area (Å²) in [6, 6.07) is 14.9. The average molecular weight is 316 g/mol. The fourth-order valence-corrected chi connectivity index (χ4v) is 2.22. The maximum absolute atomic E-state index is 5.92. The van der Waals surface area contributed by atoms with Gasteiger partial charge in [0.2, 0.25) is 5.82 Å². The molecule has 7 heteroatoms. The molecule has 2 aromatic carbocycles. The molecule has 3 rings (SSSR count). The van der Waals surface area contributed by atoms with E-state index in [0.29, 0.717) is 10.8 Å². The van der Waals surface area contributed by atoms with Crippen molar-refractivity contribution in [3.05, 3.63) is 64.9 Å². The standard InChI is InChI=1S/C15H14ClN5O/c1-22-13-8-2-10(3-9-13)14(15-18-20-21-19-15)17-12-6-4-11(16)5-7-12/h2-9,14,17H,1H3,(H,18,19,20,21). The number of nitrogens with one attached hydrogen (secondary N) is 2. The van der Waals surface area contributed by atoms with E-state index in [-0.39, 0.29) is 6.04 Å². The van der Waals surface area contributed by atoms with Gasteiger partial charge in [-0.3, -0.25) is 0 Å². The highest BCUT2D eigenvalue weighted by Gasteiger charge is 2.18. The third kappa shape index (κ3) is 3.17. The Hall–Kier alpha value is -2.60. The smallest absolute Gasteiger partial charge is 0.201 e. The molecule has 1 aromatic heterocycles. The molecule has 112 valence electrons. The molecule has 0 aliphatic heterocycles. The summed E-state index contributed by atoms with van der Waals surface area (Å²) in [4.78, 5) is 0. The molecule has 1 unspecified atom stereocenters. The number of ether oxygens (including phenoxy) is 1. The highest BCUT2D eigenvalue weighted by atomic mass is 35.5. The second-order valence-corrected chi connectivity index (χ2v) is 5.06. The molecular formula is C15H14ClN5O. The number of benzene rings is 2. The fourth-order valence-electron chi connectivity index (χ4n) is 2.10. The highest BCUT2D eigenvalue weighted by Crippen LogP contribution is 2.26. The van der Waals surface area contributed by atoms with E-state index in [1.54, 1.807) is 7.11 Å². The Bertz CT molecular complexity index is 713. The minimum absolute atomic E-state index is 0.231. The highest BCUT2D eigenvalue weighted by molar-refractivity contribution is 6.30. The van der Waals surface area contributed by atoms with Gasteiger partial charge in [0.25, 0.3) is 0 Å². The Kier molecular flexibility index (Phi) is 4.20. The first-order chi connectivity index (χ1) is 10.8. The zero-order chi connectivity index (χ0) is 15.4. The van der Waals surface area contributed by atoms with Crippen LogP contribution in [-0.4, -0.2) is 27.7 Å². The normalized spacial score (nSPS) is 11.9. The predicted molar refractivity (Wildman–Crippen MR) is 84.1 cm³/mol. The molecule has 0 radical (unpaired) electrons. The minimum Gasteiger partial charge on any atom is -0.497 e. The van der Waals surface area contributed by atoms with Crippen LogP contribution in [0.5, 0.6) is 5.75 Å². The molecule has 3 aromatic rings. The molecule has 6 nitrogen and oxygen atoms in total. The van der Waals surface area contributed by atoms with Crippen LogP contribution in [0.1, 0.15) is 17.4 Å². The van der Waals surface area contributed by atoms with E-state index in [9.17, 15) is 0 Å². The van der Waals surface area contributed by atoms with Crippen molar-refractivity contribution in [2.45, 2.75) is 6.04 Å². The summed E-state index contributed by atoms with van der Waals surface area (Å²) in [6.45, 7) is 0. The van der Waals surface area contributed by atoms with Crippen LogP contribution in [0.15, 0.2) is 48.5 Å². The molecule has 0 spiro atoms. The lowest BCUT2D eigenvalue weighted by atomic mass is 10.1. The summed E-state index contributed by atoms with van der Waals surface area (Å²) in [5.74, 6) is 1.35. The largest absolute Gasteiger partial charge is 0.497 e. The number of tetrazole rings is 1. The van der Waals surface area contributed by atoms with Gasteiger partial charge in [-0.2, -0.15) is 5.21 Å². The maximum Gasteiger partial charge on any atom is 0.201 e. The first kappa shape index (κ1) is 14.3. The first-order valence-corrected chi connectivity index (χ1v) is 7.03. The molecule has 0 saturated heterocycles. The number of hydrogen-bond acceptors (Lipinski definition) is 5. The van der Waals surface area contributed by atoms with Crippen LogP contribution in [-0.2, 0) is 0 Å². The number of methoxy groups -OCH3 is 1. The van der Waals surface area contributed by atoms with Crippen molar-refractivity contribution < 1.29 is 4.74 Å². The first-order valence-electron chi connectivity index (χ1n) is 6.65. The van der Waals surface area contributed by atoms with E-state index < -0.39 is 0 Å². The summed E-state index contributed by atoms with van der Waals surface area (Å²) in [5, 5.41) is 18.3. The van der Waals surface area contributed by atoms with Crippen LogP contribution >= 0.6 is 11.6 Å². The van der Waals surface area contributed by atoms with Gasteiger partial charge in [0, 0.05) is 10.7 Å². The number of hydrogen-bond donors (Lipinski definition) is 2. The number of rotatable bonds is 5. The molecular weight excluding hydrogens is 302 g/mol. The van der Waals surface area contributed by atoms with E-state index in [4.69, 9.17) is 16.3 Å². The third-order valence-electron chi connectivity index (χ3n) is 3.22. The SMILES string of the molecule is COc1ccc(C(Nc2ccc(Cl)cc2)c2nn[nH]n2)cc1. The molecule has 0 fully saturated rings. The van der Waals surface area contributed by atoms with E-state index in [0.717, 1.165) is 17.0 Å². The summed E-state index contributed by atoms with van der Waals surface area (Å²) in [5.41, 5.74) is 1.91. The molecule has 22 heavy (non-hydrogen) atoms. The van der Waals surface area contributed by atoms with Gasteiger partial charge >= 0.3 is 0 Å². The zero-order valence-electron chi connectivity index (χ0n) is 11.8. The Morgan fingerprint density at radius 1 is 1.09 bits per heavy atom. The second kappa shape index (κ2) is 6.44. The van der Waals surface area contributed by atoms with E-state index in [1.807, 2.05) is 48.5 Å². The van der Waals surface area contributed by atoms with E-state index in [2.05, 4.69) is 25.9 Å². The van der Waals surface area contributed by atoms with Crippen molar-refractivity contribution in [3.8, 4) is 5.75 Å². The molecule has 0 bridgehead atoms. The maximum atomic E-state index is 5.92. The topological polar surface area (TPSA) is 75.7 Å². The number of anilines is 1. The number of aromatic amines is 1. The van der Waals surface area contributed by atoms with Crippen LogP contribution in [0, 0.1) is 0 Å².